The lowest BCUT2D eigenvalue weighted by atomic mass is 10.1. The molecule has 5 nitrogen and oxygen atoms in total. The van der Waals surface area contributed by atoms with Crippen LogP contribution in [0.15, 0.2) is 54.1 Å². The van der Waals surface area contributed by atoms with E-state index in [4.69, 9.17) is 9.47 Å². The summed E-state index contributed by atoms with van der Waals surface area (Å²) in [5, 5.41) is 2.99. The van der Waals surface area contributed by atoms with Crippen LogP contribution in [-0.4, -0.2) is 43.7 Å². The van der Waals surface area contributed by atoms with Gasteiger partial charge in [0.05, 0.1) is 18.8 Å². The zero-order chi connectivity index (χ0) is 18.5. The Bertz CT molecular complexity index is 824. The second-order valence-corrected chi connectivity index (χ2v) is 6.88. The Labute approximate surface area is 159 Å². The Morgan fingerprint density at radius 1 is 1.00 bits per heavy atom. The molecule has 0 aliphatic carbocycles. The number of amides is 1. The maximum Gasteiger partial charge on any atom is 0.250 e. The van der Waals surface area contributed by atoms with Crippen molar-refractivity contribution in [3.8, 4) is 5.75 Å². The molecule has 2 aliphatic heterocycles. The van der Waals surface area contributed by atoms with Crippen molar-refractivity contribution in [1.82, 2.24) is 10.2 Å². The number of hydrogen-bond donors (Lipinski definition) is 1. The highest BCUT2D eigenvalue weighted by atomic mass is 16.5. The molecule has 0 radical (unpaired) electrons. The highest BCUT2D eigenvalue weighted by molar-refractivity contribution is 5.99. The van der Waals surface area contributed by atoms with Crippen molar-refractivity contribution in [2.24, 2.45) is 0 Å². The molecule has 0 bridgehead atoms. The van der Waals surface area contributed by atoms with E-state index < -0.39 is 0 Å². The summed E-state index contributed by atoms with van der Waals surface area (Å²) < 4.78 is 11.0. The molecule has 1 amide bonds. The Kier molecular flexibility index (Phi) is 5.51. The van der Waals surface area contributed by atoms with Gasteiger partial charge in [0.2, 0.25) is 0 Å². The van der Waals surface area contributed by atoms with Crippen molar-refractivity contribution >= 4 is 12.0 Å². The van der Waals surface area contributed by atoms with E-state index in [9.17, 15) is 4.79 Å². The van der Waals surface area contributed by atoms with E-state index in [1.807, 2.05) is 30.3 Å². The summed E-state index contributed by atoms with van der Waals surface area (Å²) in [7, 11) is 0. The highest BCUT2D eigenvalue weighted by Gasteiger charge is 2.16. The van der Waals surface area contributed by atoms with Gasteiger partial charge in [0.25, 0.3) is 5.91 Å². The van der Waals surface area contributed by atoms with Gasteiger partial charge in [0.1, 0.15) is 12.4 Å². The maximum absolute atomic E-state index is 12.4. The van der Waals surface area contributed by atoms with Crippen molar-refractivity contribution in [2.75, 3.05) is 32.9 Å². The predicted molar refractivity (Wildman–Crippen MR) is 104 cm³/mol. The molecule has 5 heteroatoms. The molecular weight excluding hydrogens is 340 g/mol. The largest absolute Gasteiger partial charge is 0.488 e. The number of para-hydroxylation sites is 1. The lowest BCUT2D eigenvalue weighted by Gasteiger charge is -2.26. The second kappa shape index (κ2) is 8.37. The molecule has 2 heterocycles. The van der Waals surface area contributed by atoms with Gasteiger partial charge < -0.3 is 14.8 Å². The van der Waals surface area contributed by atoms with Gasteiger partial charge in [0.15, 0.2) is 0 Å². The normalized spacial score (nSPS) is 16.8. The molecule has 140 valence electrons. The number of carbonyl (C=O) groups excluding carboxylic acids is 1. The minimum atomic E-state index is -0.0816. The lowest BCUT2D eigenvalue weighted by molar-refractivity contribution is -0.117. The van der Waals surface area contributed by atoms with Gasteiger partial charge in [-0.3, -0.25) is 9.69 Å². The maximum atomic E-state index is 12.4. The average Bonchev–Trinajstić information content (AvgIpc) is 2.73. The smallest absolute Gasteiger partial charge is 0.250 e. The van der Waals surface area contributed by atoms with Crippen molar-refractivity contribution in [3.05, 3.63) is 70.8 Å². The minimum absolute atomic E-state index is 0.0816. The van der Waals surface area contributed by atoms with Crippen LogP contribution in [-0.2, 0) is 22.6 Å². The zero-order valence-electron chi connectivity index (χ0n) is 15.3. The fraction of sp³-hybridized carbons (Fsp3) is 0.318. The van der Waals surface area contributed by atoms with E-state index in [-0.39, 0.29) is 5.91 Å². The molecule has 2 aromatic rings. The summed E-state index contributed by atoms with van der Waals surface area (Å²) in [6.45, 7) is 5.36. The number of benzene rings is 2. The van der Waals surface area contributed by atoms with Crippen LogP contribution in [0.2, 0.25) is 0 Å². The van der Waals surface area contributed by atoms with Gasteiger partial charge in [-0.1, -0.05) is 42.5 Å². The van der Waals surface area contributed by atoms with Crippen LogP contribution in [0.3, 0.4) is 0 Å². The third-order valence-electron chi connectivity index (χ3n) is 4.91. The molecule has 27 heavy (non-hydrogen) atoms. The van der Waals surface area contributed by atoms with Crippen molar-refractivity contribution in [3.63, 3.8) is 0 Å². The Balaban J connectivity index is 1.31. The van der Waals surface area contributed by atoms with E-state index in [2.05, 4.69) is 34.5 Å². The predicted octanol–water partition coefficient (Wildman–Crippen LogP) is 2.61. The van der Waals surface area contributed by atoms with Crippen molar-refractivity contribution in [2.45, 2.75) is 13.1 Å². The number of ether oxygens (including phenoxy) is 2. The number of nitrogens with one attached hydrogen (secondary N) is 1. The molecule has 0 atom stereocenters. The van der Waals surface area contributed by atoms with E-state index in [0.717, 1.165) is 49.7 Å². The molecule has 1 fully saturated rings. The van der Waals surface area contributed by atoms with Gasteiger partial charge in [-0.15, -0.1) is 0 Å². The molecule has 0 saturated carbocycles. The van der Waals surface area contributed by atoms with Crippen LogP contribution >= 0.6 is 0 Å². The van der Waals surface area contributed by atoms with Crippen molar-refractivity contribution in [1.29, 1.82) is 0 Å². The molecule has 1 saturated heterocycles. The molecule has 1 N–H and O–H groups in total. The SMILES string of the molecule is O=C(NCc1ccc(CN2CCOCC2)cc1)C1=Cc2ccccc2OC1. The number of fused-ring (bicyclic) bond motifs is 1. The first-order chi connectivity index (χ1) is 13.3. The third kappa shape index (κ3) is 4.56. The Hall–Kier alpha value is -2.63. The molecular formula is C22H24N2O3. The van der Waals surface area contributed by atoms with Gasteiger partial charge in [-0.2, -0.15) is 0 Å². The van der Waals surface area contributed by atoms with E-state index >= 15 is 0 Å². The van der Waals surface area contributed by atoms with Gasteiger partial charge >= 0.3 is 0 Å². The Morgan fingerprint density at radius 2 is 1.74 bits per heavy atom. The third-order valence-corrected chi connectivity index (χ3v) is 4.91. The number of nitrogens with zero attached hydrogens (tertiary/aromatic N) is 1. The van der Waals surface area contributed by atoms with Gasteiger partial charge in [0, 0.05) is 31.7 Å². The number of hydrogen-bond acceptors (Lipinski definition) is 4. The fourth-order valence-electron chi connectivity index (χ4n) is 3.32. The Morgan fingerprint density at radius 3 is 2.56 bits per heavy atom. The van der Waals surface area contributed by atoms with Gasteiger partial charge in [-0.25, -0.2) is 0 Å². The molecule has 0 spiro atoms. The van der Waals surface area contributed by atoms with Crippen LogP contribution in [0, 0.1) is 0 Å². The summed E-state index contributed by atoms with van der Waals surface area (Å²) in [5.74, 6) is 0.742. The lowest BCUT2D eigenvalue weighted by Crippen LogP contribution is -2.35. The summed E-state index contributed by atoms with van der Waals surface area (Å²) in [5.41, 5.74) is 3.97. The molecule has 0 unspecified atom stereocenters. The first-order valence-corrected chi connectivity index (χ1v) is 9.36. The van der Waals surface area contributed by atoms with E-state index in [1.165, 1.54) is 5.56 Å². The van der Waals surface area contributed by atoms with Crippen molar-refractivity contribution < 1.29 is 14.3 Å². The monoisotopic (exact) mass is 364 g/mol. The van der Waals surface area contributed by atoms with E-state index in [0.29, 0.717) is 18.7 Å². The first kappa shape index (κ1) is 17.8. The van der Waals surface area contributed by atoms with Crippen LogP contribution in [0.25, 0.3) is 6.08 Å². The zero-order valence-corrected chi connectivity index (χ0v) is 15.3. The number of morpholine rings is 1. The number of carbonyl (C=O) groups is 1. The van der Waals surface area contributed by atoms with Crippen LogP contribution in [0.1, 0.15) is 16.7 Å². The fourth-order valence-corrected chi connectivity index (χ4v) is 3.32. The summed E-state index contributed by atoms with van der Waals surface area (Å²) in [6.07, 6.45) is 1.90. The number of rotatable bonds is 5. The summed E-state index contributed by atoms with van der Waals surface area (Å²) in [4.78, 5) is 14.8. The molecule has 2 aliphatic rings. The molecule has 4 rings (SSSR count). The minimum Gasteiger partial charge on any atom is -0.488 e. The topological polar surface area (TPSA) is 50.8 Å². The highest BCUT2D eigenvalue weighted by Crippen LogP contribution is 2.25. The second-order valence-electron chi connectivity index (χ2n) is 6.88. The van der Waals surface area contributed by atoms with Crippen LogP contribution in [0.5, 0.6) is 5.75 Å². The van der Waals surface area contributed by atoms with E-state index in [1.54, 1.807) is 0 Å². The van der Waals surface area contributed by atoms with Crippen LogP contribution < -0.4 is 10.1 Å². The van der Waals surface area contributed by atoms with Gasteiger partial charge in [-0.05, 0) is 23.3 Å². The quantitative estimate of drug-likeness (QED) is 0.886. The molecule has 0 aromatic heterocycles. The standard InChI is InChI=1S/C22H24N2O3/c25-22(20-13-19-3-1-2-4-21(19)27-16-20)23-14-17-5-7-18(8-6-17)15-24-9-11-26-12-10-24/h1-8,13H,9-12,14-16H2,(H,23,25). The molecule has 2 aromatic carbocycles. The summed E-state index contributed by atoms with van der Waals surface area (Å²) in [6, 6.07) is 16.2. The first-order valence-electron chi connectivity index (χ1n) is 9.36. The summed E-state index contributed by atoms with van der Waals surface area (Å²) >= 11 is 0. The van der Waals surface area contributed by atoms with Crippen LogP contribution in [0.4, 0.5) is 0 Å². The average molecular weight is 364 g/mol.